The Morgan fingerprint density at radius 1 is 1.00 bits per heavy atom. The molecule has 1 N–H and O–H groups in total. The van der Waals surface area contributed by atoms with Crippen LogP contribution in [-0.4, -0.2) is 48.9 Å². The van der Waals surface area contributed by atoms with Crippen molar-refractivity contribution < 1.29 is 13.5 Å². The van der Waals surface area contributed by atoms with Gasteiger partial charge in [-0.15, -0.1) is 0 Å². The van der Waals surface area contributed by atoms with E-state index in [2.05, 4.69) is 17.0 Å². The van der Waals surface area contributed by atoms with E-state index >= 15 is 0 Å². The first-order chi connectivity index (χ1) is 12.0. The molecule has 0 spiro atoms. The lowest BCUT2D eigenvalue weighted by atomic mass is 10.1. The maximum absolute atomic E-state index is 12.9. The Kier molecular flexibility index (Phi) is 5.54. The molecule has 0 saturated carbocycles. The number of hydrogen-bond acceptors (Lipinski definition) is 4. The first kappa shape index (κ1) is 18.1. The highest BCUT2D eigenvalue weighted by Gasteiger charge is 2.28. The van der Waals surface area contributed by atoms with Crippen LogP contribution in [0, 0.1) is 6.92 Å². The number of aliphatic hydroxyl groups is 1. The highest BCUT2D eigenvalue weighted by atomic mass is 32.2. The minimum Gasteiger partial charge on any atom is -0.392 e. The van der Waals surface area contributed by atoms with Crippen LogP contribution in [0.4, 0.5) is 0 Å². The molecule has 1 aliphatic heterocycles. The van der Waals surface area contributed by atoms with Crippen LogP contribution in [0.3, 0.4) is 0 Å². The number of aryl methyl sites for hydroxylation is 1. The zero-order valence-corrected chi connectivity index (χ0v) is 15.2. The van der Waals surface area contributed by atoms with Crippen LogP contribution in [-0.2, 0) is 23.2 Å². The Hall–Kier alpha value is -1.73. The molecule has 0 aliphatic carbocycles. The van der Waals surface area contributed by atoms with Crippen LogP contribution in [0.15, 0.2) is 53.4 Å². The number of benzene rings is 2. The number of piperazine rings is 1. The number of rotatable bonds is 5. The van der Waals surface area contributed by atoms with Gasteiger partial charge in [0.2, 0.25) is 10.0 Å². The fourth-order valence-corrected chi connectivity index (χ4v) is 4.57. The first-order valence-electron chi connectivity index (χ1n) is 8.47. The monoisotopic (exact) mass is 360 g/mol. The maximum atomic E-state index is 12.9. The molecule has 5 nitrogen and oxygen atoms in total. The Labute approximate surface area is 149 Å². The molecule has 2 aromatic carbocycles. The largest absolute Gasteiger partial charge is 0.392 e. The summed E-state index contributed by atoms with van der Waals surface area (Å²) < 4.78 is 27.3. The van der Waals surface area contributed by atoms with Gasteiger partial charge in [-0.3, -0.25) is 4.90 Å². The number of nitrogens with zero attached hydrogens (tertiary/aromatic N) is 2. The van der Waals surface area contributed by atoms with Crippen molar-refractivity contribution in [1.82, 2.24) is 9.21 Å². The second-order valence-corrected chi connectivity index (χ2v) is 8.35. The van der Waals surface area contributed by atoms with Crippen molar-refractivity contribution in [2.24, 2.45) is 0 Å². The van der Waals surface area contributed by atoms with E-state index in [4.69, 9.17) is 0 Å². The van der Waals surface area contributed by atoms with E-state index in [0.717, 1.165) is 12.1 Å². The fourth-order valence-electron chi connectivity index (χ4n) is 3.10. The van der Waals surface area contributed by atoms with Gasteiger partial charge in [-0.05, 0) is 35.7 Å². The molecule has 0 amide bonds. The predicted octanol–water partition coefficient (Wildman–Crippen LogP) is 1.99. The third kappa shape index (κ3) is 4.10. The van der Waals surface area contributed by atoms with Crippen LogP contribution >= 0.6 is 0 Å². The summed E-state index contributed by atoms with van der Waals surface area (Å²) in [4.78, 5) is 2.54. The van der Waals surface area contributed by atoms with Crippen LogP contribution in [0.1, 0.15) is 16.7 Å². The summed E-state index contributed by atoms with van der Waals surface area (Å²) in [6.45, 7) is 4.95. The van der Waals surface area contributed by atoms with Crippen molar-refractivity contribution in [3.8, 4) is 0 Å². The smallest absolute Gasteiger partial charge is 0.243 e. The van der Waals surface area contributed by atoms with Gasteiger partial charge in [-0.1, -0.05) is 36.4 Å². The lowest BCUT2D eigenvalue weighted by Crippen LogP contribution is -2.48. The molecule has 25 heavy (non-hydrogen) atoms. The lowest BCUT2D eigenvalue weighted by molar-refractivity contribution is 0.181. The molecule has 0 unspecified atom stereocenters. The highest BCUT2D eigenvalue weighted by molar-refractivity contribution is 7.89. The third-order valence-corrected chi connectivity index (χ3v) is 6.60. The zero-order chi connectivity index (χ0) is 17.9. The van der Waals surface area contributed by atoms with Gasteiger partial charge >= 0.3 is 0 Å². The van der Waals surface area contributed by atoms with Gasteiger partial charge < -0.3 is 5.11 Å². The molecule has 1 aliphatic rings. The maximum Gasteiger partial charge on any atom is 0.243 e. The quantitative estimate of drug-likeness (QED) is 0.886. The minimum absolute atomic E-state index is 0.153. The SMILES string of the molecule is Cc1ccc(S(=O)(=O)N2CCN(Cc3ccccc3)CC2)cc1CO. The summed E-state index contributed by atoms with van der Waals surface area (Å²) in [6.07, 6.45) is 0. The number of aliphatic hydroxyl groups excluding tert-OH is 1. The summed E-state index contributed by atoms with van der Waals surface area (Å²) in [6, 6.07) is 15.2. The number of hydrogen-bond donors (Lipinski definition) is 1. The molecule has 3 rings (SSSR count). The fraction of sp³-hybridized carbons (Fsp3) is 0.368. The normalized spacial score (nSPS) is 16.9. The summed E-state index contributed by atoms with van der Waals surface area (Å²) in [5.41, 5.74) is 2.79. The van der Waals surface area contributed by atoms with Gasteiger partial charge in [-0.2, -0.15) is 4.31 Å². The van der Waals surface area contributed by atoms with Gasteiger partial charge in [0.25, 0.3) is 0 Å². The average Bonchev–Trinajstić information content (AvgIpc) is 2.63. The van der Waals surface area contributed by atoms with E-state index < -0.39 is 10.0 Å². The summed E-state index contributed by atoms with van der Waals surface area (Å²) in [5, 5.41) is 9.38. The Balaban J connectivity index is 1.67. The Morgan fingerprint density at radius 2 is 1.68 bits per heavy atom. The predicted molar refractivity (Wildman–Crippen MR) is 97.6 cm³/mol. The first-order valence-corrected chi connectivity index (χ1v) is 9.91. The van der Waals surface area contributed by atoms with Crippen molar-refractivity contribution in [3.63, 3.8) is 0 Å². The van der Waals surface area contributed by atoms with Gasteiger partial charge in [-0.25, -0.2) is 8.42 Å². The molecule has 0 bridgehead atoms. The van der Waals surface area contributed by atoms with E-state index in [0.29, 0.717) is 31.7 Å². The van der Waals surface area contributed by atoms with Crippen molar-refractivity contribution in [3.05, 3.63) is 65.2 Å². The second kappa shape index (κ2) is 7.66. The summed E-state index contributed by atoms with van der Waals surface area (Å²) in [5.74, 6) is 0. The molecule has 0 atom stereocenters. The number of sulfonamides is 1. The van der Waals surface area contributed by atoms with Crippen molar-refractivity contribution in [1.29, 1.82) is 0 Å². The van der Waals surface area contributed by atoms with Gasteiger partial charge in [0.15, 0.2) is 0 Å². The average molecular weight is 360 g/mol. The van der Waals surface area contributed by atoms with E-state index in [-0.39, 0.29) is 11.5 Å². The molecule has 0 radical (unpaired) electrons. The Morgan fingerprint density at radius 3 is 2.32 bits per heavy atom. The molecule has 0 aromatic heterocycles. The lowest BCUT2D eigenvalue weighted by Gasteiger charge is -2.34. The van der Waals surface area contributed by atoms with Crippen LogP contribution in [0.5, 0.6) is 0 Å². The van der Waals surface area contributed by atoms with E-state index in [1.54, 1.807) is 22.5 Å². The molecule has 1 fully saturated rings. The van der Waals surface area contributed by atoms with Crippen molar-refractivity contribution in [2.45, 2.75) is 25.0 Å². The van der Waals surface area contributed by atoms with E-state index in [1.165, 1.54) is 5.56 Å². The van der Waals surface area contributed by atoms with Crippen molar-refractivity contribution in [2.75, 3.05) is 26.2 Å². The molecule has 1 saturated heterocycles. The summed E-state index contributed by atoms with van der Waals surface area (Å²) in [7, 11) is -3.51. The van der Waals surface area contributed by atoms with E-state index in [1.807, 2.05) is 25.1 Å². The molecule has 134 valence electrons. The second-order valence-electron chi connectivity index (χ2n) is 6.41. The highest BCUT2D eigenvalue weighted by Crippen LogP contribution is 2.21. The van der Waals surface area contributed by atoms with E-state index in [9.17, 15) is 13.5 Å². The van der Waals surface area contributed by atoms with Gasteiger partial charge in [0.05, 0.1) is 11.5 Å². The van der Waals surface area contributed by atoms with Crippen molar-refractivity contribution >= 4 is 10.0 Å². The third-order valence-electron chi connectivity index (χ3n) is 4.71. The minimum atomic E-state index is -3.51. The van der Waals surface area contributed by atoms with Gasteiger partial charge in [0, 0.05) is 32.7 Å². The van der Waals surface area contributed by atoms with Crippen LogP contribution in [0.2, 0.25) is 0 Å². The Bertz CT molecular complexity index is 814. The molecule has 2 aromatic rings. The molecule has 6 heteroatoms. The molecular formula is C19H24N2O3S. The standard InChI is InChI=1S/C19H24N2O3S/c1-16-7-8-19(13-18(16)15-22)25(23,24)21-11-9-20(10-12-21)14-17-5-3-2-4-6-17/h2-8,13,22H,9-12,14-15H2,1H3. The summed E-state index contributed by atoms with van der Waals surface area (Å²) >= 11 is 0. The van der Waals surface area contributed by atoms with Crippen LogP contribution in [0.25, 0.3) is 0 Å². The van der Waals surface area contributed by atoms with Gasteiger partial charge in [0.1, 0.15) is 0 Å². The zero-order valence-electron chi connectivity index (χ0n) is 14.4. The molecule has 1 heterocycles. The molecular weight excluding hydrogens is 336 g/mol. The van der Waals surface area contributed by atoms with Crippen LogP contribution < -0.4 is 0 Å². The topological polar surface area (TPSA) is 60.9 Å².